The van der Waals surface area contributed by atoms with Crippen LogP contribution in [0.2, 0.25) is 0 Å². The van der Waals surface area contributed by atoms with Crippen LogP contribution in [0.3, 0.4) is 0 Å². The highest BCUT2D eigenvalue weighted by Gasteiger charge is 2.59. The maximum Gasteiger partial charge on any atom is 0.256 e. The van der Waals surface area contributed by atoms with Gasteiger partial charge in [-0.1, -0.05) is 121 Å². The van der Waals surface area contributed by atoms with Crippen molar-refractivity contribution in [2.75, 3.05) is 6.61 Å². The Morgan fingerprint density at radius 2 is 1.02 bits per heavy atom. The fourth-order valence-corrected chi connectivity index (χ4v) is 5.14. The Bertz CT molecular complexity index is 1380. The van der Waals surface area contributed by atoms with Crippen molar-refractivity contribution in [1.82, 2.24) is 0 Å². The summed E-state index contributed by atoms with van der Waals surface area (Å²) in [4.78, 5) is 13.1. The van der Waals surface area contributed by atoms with Gasteiger partial charge in [0, 0.05) is 6.92 Å². The van der Waals surface area contributed by atoms with Crippen molar-refractivity contribution in [2.45, 2.75) is 63.6 Å². The third-order valence-corrected chi connectivity index (χ3v) is 7.45. The van der Waals surface area contributed by atoms with Crippen LogP contribution >= 0.6 is 0 Å². The predicted octanol–water partition coefficient (Wildman–Crippen LogP) is 5.64. The number of benzene rings is 4. The van der Waals surface area contributed by atoms with Gasteiger partial charge in [-0.2, -0.15) is 0 Å². The van der Waals surface area contributed by atoms with E-state index in [-0.39, 0.29) is 26.4 Å². The molecule has 5 atom stereocenters. The molecule has 0 radical (unpaired) electrons. The van der Waals surface area contributed by atoms with Gasteiger partial charge in [0.1, 0.15) is 24.4 Å². The molecule has 4 aromatic carbocycles. The zero-order valence-corrected chi connectivity index (χ0v) is 24.3. The molecule has 1 aliphatic heterocycles. The highest BCUT2D eigenvalue weighted by Crippen LogP contribution is 2.36. The van der Waals surface area contributed by atoms with Gasteiger partial charge < -0.3 is 28.8 Å². The minimum absolute atomic E-state index is 0.0561. The fourth-order valence-electron chi connectivity index (χ4n) is 5.14. The molecule has 43 heavy (non-hydrogen) atoms. The number of carbonyl (C=O) groups excluding carboxylic acids is 1. The lowest BCUT2D eigenvalue weighted by atomic mass is 9.89. The summed E-state index contributed by atoms with van der Waals surface area (Å²) in [5.41, 5.74) is 3.76. The van der Waals surface area contributed by atoms with Crippen LogP contribution in [-0.4, -0.2) is 47.7 Å². The second-order valence-electron chi connectivity index (χ2n) is 10.6. The molecule has 0 spiro atoms. The summed E-state index contributed by atoms with van der Waals surface area (Å²) in [6.07, 6.45) is -3.63. The molecular weight excluding hydrogens is 544 g/mol. The lowest BCUT2D eigenvalue weighted by Crippen LogP contribution is -2.69. The van der Waals surface area contributed by atoms with E-state index in [2.05, 4.69) is 0 Å². The molecule has 224 valence electrons. The van der Waals surface area contributed by atoms with Crippen LogP contribution in [-0.2, 0) is 54.9 Å². The number of ketones is 1. The van der Waals surface area contributed by atoms with Gasteiger partial charge in [-0.25, -0.2) is 0 Å². The molecule has 0 aliphatic carbocycles. The standard InChI is InChI=1S/C36H38O7/c1-27(37)36(38)35(42-25-31-20-12-5-13-21-31)34(41-24-30-18-10-4-11-19-30)33(40-23-29-16-8-3-9-17-29)32(43-36)26-39-22-28-14-6-2-7-15-28/h2-21,32-35,38H,22-26H2,1H3/t32-,33-,34+,35+,36+/m1/s1. The van der Waals surface area contributed by atoms with Crippen LogP contribution in [0.4, 0.5) is 0 Å². The van der Waals surface area contributed by atoms with Crippen molar-refractivity contribution in [3.05, 3.63) is 144 Å². The molecule has 0 unspecified atom stereocenters. The van der Waals surface area contributed by atoms with E-state index < -0.39 is 36.0 Å². The molecule has 0 aromatic heterocycles. The molecule has 4 aromatic rings. The zero-order valence-electron chi connectivity index (χ0n) is 24.3. The third-order valence-electron chi connectivity index (χ3n) is 7.45. The highest BCUT2D eigenvalue weighted by atomic mass is 16.7. The van der Waals surface area contributed by atoms with Gasteiger partial charge in [-0.15, -0.1) is 0 Å². The minimum Gasteiger partial charge on any atom is -0.374 e. The Kier molecular flexibility index (Phi) is 10.8. The Morgan fingerprint density at radius 1 is 0.628 bits per heavy atom. The van der Waals surface area contributed by atoms with Gasteiger partial charge in [0.15, 0.2) is 5.78 Å². The van der Waals surface area contributed by atoms with Crippen LogP contribution in [0.1, 0.15) is 29.2 Å². The van der Waals surface area contributed by atoms with Crippen molar-refractivity contribution in [3.63, 3.8) is 0 Å². The number of hydrogen-bond donors (Lipinski definition) is 1. The van der Waals surface area contributed by atoms with Gasteiger partial charge in [-0.05, 0) is 22.3 Å². The van der Waals surface area contributed by atoms with Crippen LogP contribution in [0.15, 0.2) is 121 Å². The maximum absolute atomic E-state index is 13.1. The van der Waals surface area contributed by atoms with Gasteiger partial charge in [0.05, 0.1) is 33.0 Å². The van der Waals surface area contributed by atoms with Gasteiger partial charge in [-0.3, -0.25) is 4.79 Å². The van der Waals surface area contributed by atoms with Crippen LogP contribution in [0, 0.1) is 0 Å². The van der Waals surface area contributed by atoms with E-state index in [0.717, 1.165) is 22.3 Å². The molecular formula is C36H38O7. The molecule has 5 rings (SSSR count). The average molecular weight is 583 g/mol. The molecule has 1 saturated heterocycles. The zero-order chi connectivity index (χ0) is 29.9. The van der Waals surface area contributed by atoms with Gasteiger partial charge in [0.25, 0.3) is 5.79 Å². The molecule has 0 amide bonds. The summed E-state index contributed by atoms with van der Waals surface area (Å²) >= 11 is 0. The SMILES string of the molecule is CC(=O)[C@]1(O)O[C@H](COCc2ccccc2)[C@@H](OCc2ccccc2)[C@H](OCc2ccccc2)[C@@H]1OCc1ccccc1. The molecule has 7 heteroatoms. The summed E-state index contributed by atoms with van der Waals surface area (Å²) < 4.78 is 31.6. The van der Waals surface area contributed by atoms with Crippen molar-refractivity contribution in [2.24, 2.45) is 0 Å². The molecule has 0 bridgehead atoms. The maximum atomic E-state index is 13.1. The number of hydrogen-bond acceptors (Lipinski definition) is 7. The summed E-state index contributed by atoms with van der Waals surface area (Å²) in [6, 6.07) is 38.8. The van der Waals surface area contributed by atoms with Crippen LogP contribution in [0.5, 0.6) is 0 Å². The molecule has 0 saturated carbocycles. The Labute approximate surface area is 252 Å². The molecule has 7 nitrogen and oxygen atoms in total. The molecule has 1 fully saturated rings. The monoisotopic (exact) mass is 582 g/mol. The van der Waals surface area contributed by atoms with E-state index in [1.165, 1.54) is 6.92 Å². The quantitative estimate of drug-likeness (QED) is 0.206. The van der Waals surface area contributed by atoms with Crippen LogP contribution in [0.25, 0.3) is 0 Å². The van der Waals surface area contributed by atoms with E-state index in [4.69, 9.17) is 23.7 Å². The Balaban J connectivity index is 1.45. The van der Waals surface area contributed by atoms with E-state index in [1.54, 1.807) is 0 Å². The number of aliphatic hydroxyl groups is 1. The molecule has 1 aliphatic rings. The van der Waals surface area contributed by atoms with Crippen molar-refractivity contribution < 1.29 is 33.6 Å². The average Bonchev–Trinajstić information content (AvgIpc) is 3.04. The largest absolute Gasteiger partial charge is 0.374 e. The second-order valence-corrected chi connectivity index (χ2v) is 10.6. The van der Waals surface area contributed by atoms with E-state index in [9.17, 15) is 9.90 Å². The third kappa shape index (κ3) is 8.24. The number of ether oxygens (including phenoxy) is 5. The van der Waals surface area contributed by atoms with Crippen molar-refractivity contribution >= 4 is 5.78 Å². The number of carbonyl (C=O) groups is 1. The van der Waals surface area contributed by atoms with E-state index in [1.807, 2.05) is 121 Å². The Morgan fingerprint density at radius 3 is 1.47 bits per heavy atom. The summed E-state index contributed by atoms with van der Waals surface area (Å²) in [7, 11) is 0. The summed E-state index contributed by atoms with van der Waals surface area (Å²) in [5.74, 6) is -2.88. The topological polar surface area (TPSA) is 83.5 Å². The van der Waals surface area contributed by atoms with Crippen molar-refractivity contribution in [1.29, 1.82) is 0 Å². The van der Waals surface area contributed by atoms with Crippen molar-refractivity contribution in [3.8, 4) is 0 Å². The summed E-state index contributed by atoms with van der Waals surface area (Å²) in [6.45, 7) is 2.29. The Hall–Kier alpha value is -3.69. The van der Waals surface area contributed by atoms with E-state index in [0.29, 0.717) is 6.61 Å². The van der Waals surface area contributed by atoms with E-state index >= 15 is 0 Å². The normalized spacial score (nSPS) is 23.6. The number of rotatable bonds is 14. The first-order valence-corrected chi connectivity index (χ1v) is 14.5. The minimum atomic E-state index is -2.29. The fraction of sp³-hybridized carbons (Fsp3) is 0.306. The predicted molar refractivity (Wildman–Crippen MR) is 162 cm³/mol. The number of Topliss-reactive ketones (excluding diaryl/α,β-unsaturated/α-hetero) is 1. The van der Waals surface area contributed by atoms with Crippen LogP contribution < -0.4 is 0 Å². The molecule has 1 N–H and O–H groups in total. The van der Waals surface area contributed by atoms with Gasteiger partial charge in [0.2, 0.25) is 0 Å². The first-order chi connectivity index (χ1) is 21.0. The smallest absolute Gasteiger partial charge is 0.256 e. The molecule has 1 heterocycles. The highest BCUT2D eigenvalue weighted by molar-refractivity contribution is 5.84. The lowest BCUT2D eigenvalue weighted by molar-refractivity contribution is -0.353. The second kappa shape index (κ2) is 15.2. The lowest BCUT2D eigenvalue weighted by Gasteiger charge is -2.49. The summed E-state index contributed by atoms with van der Waals surface area (Å²) in [5, 5.41) is 11.9. The first kappa shape index (κ1) is 30.8. The van der Waals surface area contributed by atoms with Gasteiger partial charge >= 0.3 is 0 Å². The first-order valence-electron chi connectivity index (χ1n) is 14.5.